The summed E-state index contributed by atoms with van der Waals surface area (Å²) in [6.07, 6.45) is 4.61. The summed E-state index contributed by atoms with van der Waals surface area (Å²) < 4.78 is 11.0. The summed E-state index contributed by atoms with van der Waals surface area (Å²) >= 11 is 0. The van der Waals surface area contributed by atoms with E-state index < -0.39 is 5.60 Å². The first kappa shape index (κ1) is 15.6. The Labute approximate surface area is 121 Å². The molecule has 0 spiro atoms. The Hall–Kier alpha value is -0.810. The molecule has 1 aliphatic heterocycles. The first-order chi connectivity index (χ1) is 9.37. The number of rotatable bonds is 2. The minimum absolute atomic E-state index is 0.157. The molecule has 2 N–H and O–H groups in total. The molecule has 5 nitrogen and oxygen atoms in total. The molecular formula is C15H28N2O3. The quantitative estimate of drug-likeness (QED) is 0.845. The molecule has 1 amide bonds. The zero-order valence-electron chi connectivity index (χ0n) is 12.9. The predicted octanol–water partition coefficient (Wildman–Crippen LogP) is 2.28. The Morgan fingerprint density at radius 3 is 2.30 bits per heavy atom. The molecule has 1 unspecified atom stereocenters. The number of nitrogens with zero attached hydrogens (tertiary/aromatic N) is 1. The highest BCUT2D eigenvalue weighted by molar-refractivity contribution is 5.69. The van der Waals surface area contributed by atoms with Crippen molar-refractivity contribution in [2.45, 2.75) is 76.6 Å². The summed E-state index contributed by atoms with van der Waals surface area (Å²) in [6.45, 7) is 7.08. The zero-order chi connectivity index (χ0) is 14.8. The van der Waals surface area contributed by atoms with Crippen LogP contribution in [0.2, 0.25) is 0 Å². The van der Waals surface area contributed by atoms with Crippen molar-refractivity contribution in [2.24, 2.45) is 5.73 Å². The van der Waals surface area contributed by atoms with Gasteiger partial charge in [-0.2, -0.15) is 0 Å². The molecule has 0 aromatic heterocycles. The van der Waals surface area contributed by atoms with Crippen LogP contribution in [0.25, 0.3) is 0 Å². The number of hydrogen-bond acceptors (Lipinski definition) is 4. The van der Waals surface area contributed by atoms with Crippen LogP contribution in [0.15, 0.2) is 0 Å². The Morgan fingerprint density at radius 1 is 1.15 bits per heavy atom. The van der Waals surface area contributed by atoms with E-state index in [-0.39, 0.29) is 24.2 Å². The van der Waals surface area contributed by atoms with Gasteiger partial charge in [0.1, 0.15) is 5.60 Å². The number of nitrogens with two attached hydrogens (primary N) is 1. The molecular weight excluding hydrogens is 256 g/mol. The van der Waals surface area contributed by atoms with Gasteiger partial charge in [-0.3, -0.25) is 4.90 Å². The maximum atomic E-state index is 12.5. The van der Waals surface area contributed by atoms with Crippen LogP contribution in [-0.2, 0) is 9.47 Å². The molecule has 1 aliphatic carbocycles. The number of carbonyl (C=O) groups is 1. The van der Waals surface area contributed by atoms with E-state index in [1.54, 1.807) is 0 Å². The van der Waals surface area contributed by atoms with E-state index >= 15 is 0 Å². The van der Waals surface area contributed by atoms with Crippen molar-refractivity contribution in [1.82, 2.24) is 4.90 Å². The molecule has 2 fully saturated rings. The standard InChI is InChI=1S/C15H28N2O3/c1-15(2,3)20-14(18)17(13-8-9-19-10-13)12-6-4-11(16)5-7-12/h11-13H,4-10,16H2,1-3H3/t11-,12-,13?. The lowest BCUT2D eigenvalue weighted by molar-refractivity contribution is -0.00203. The normalized spacial score (nSPS) is 31.1. The summed E-state index contributed by atoms with van der Waals surface area (Å²) in [5.74, 6) is 0. The van der Waals surface area contributed by atoms with E-state index in [1.807, 2.05) is 25.7 Å². The van der Waals surface area contributed by atoms with Gasteiger partial charge in [-0.1, -0.05) is 0 Å². The van der Waals surface area contributed by atoms with Crippen LogP contribution >= 0.6 is 0 Å². The lowest BCUT2D eigenvalue weighted by Crippen LogP contribution is -2.51. The van der Waals surface area contributed by atoms with Crippen molar-refractivity contribution >= 4 is 6.09 Å². The molecule has 5 heteroatoms. The molecule has 2 rings (SSSR count). The summed E-state index contributed by atoms with van der Waals surface area (Å²) in [5, 5.41) is 0. The Balaban J connectivity index is 2.06. The van der Waals surface area contributed by atoms with Gasteiger partial charge in [-0.15, -0.1) is 0 Å². The van der Waals surface area contributed by atoms with Crippen molar-refractivity contribution in [1.29, 1.82) is 0 Å². The maximum Gasteiger partial charge on any atom is 0.410 e. The average molecular weight is 284 g/mol. The zero-order valence-corrected chi connectivity index (χ0v) is 12.9. The molecule has 0 bridgehead atoms. The maximum absolute atomic E-state index is 12.5. The molecule has 116 valence electrons. The van der Waals surface area contributed by atoms with E-state index in [1.165, 1.54) is 0 Å². The second-order valence-corrected chi connectivity index (χ2v) is 6.97. The summed E-state index contributed by atoms with van der Waals surface area (Å²) in [4.78, 5) is 14.5. The van der Waals surface area contributed by atoms with Gasteiger partial charge in [0.25, 0.3) is 0 Å². The van der Waals surface area contributed by atoms with Gasteiger partial charge in [0.05, 0.1) is 12.6 Å². The first-order valence-electron chi connectivity index (χ1n) is 7.71. The predicted molar refractivity (Wildman–Crippen MR) is 77.5 cm³/mol. The van der Waals surface area contributed by atoms with Crippen molar-refractivity contribution in [3.63, 3.8) is 0 Å². The lowest BCUT2D eigenvalue weighted by Gasteiger charge is -2.39. The number of carbonyl (C=O) groups excluding carboxylic acids is 1. The highest BCUT2D eigenvalue weighted by Crippen LogP contribution is 2.28. The first-order valence-corrected chi connectivity index (χ1v) is 7.71. The third-order valence-corrected chi connectivity index (χ3v) is 4.04. The molecule has 1 heterocycles. The van der Waals surface area contributed by atoms with E-state index in [9.17, 15) is 4.79 Å². The fourth-order valence-electron chi connectivity index (χ4n) is 3.03. The van der Waals surface area contributed by atoms with Crippen LogP contribution in [0, 0.1) is 0 Å². The topological polar surface area (TPSA) is 64.8 Å². The van der Waals surface area contributed by atoms with Gasteiger partial charge < -0.3 is 15.2 Å². The van der Waals surface area contributed by atoms with Gasteiger partial charge in [0.2, 0.25) is 0 Å². The lowest BCUT2D eigenvalue weighted by atomic mass is 9.90. The van der Waals surface area contributed by atoms with Gasteiger partial charge in [-0.05, 0) is 52.9 Å². The van der Waals surface area contributed by atoms with E-state index in [2.05, 4.69) is 0 Å². The van der Waals surface area contributed by atoms with Gasteiger partial charge >= 0.3 is 6.09 Å². The van der Waals surface area contributed by atoms with Crippen LogP contribution in [0.1, 0.15) is 52.9 Å². The van der Waals surface area contributed by atoms with Gasteiger partial charge in [-0.25, -0.2) is 4.79 Å². The fraction of sp³-hybridized carbons (Fsp3) is 0.933. The Morgan fingerprint density at radius 2 is 1.80 bits per heavy atom. The van der Waals surface area contributed by atoms with Gasteiger partial charge in [0, 0.05) is 18.7 Å². The minimum Gasteiger partial charge on any atom is -0.444 e. The summed E-state index contributed by atoms with van der Waals surface area (Å²) in [7, 11) is 0. The fourth-order valence-corrected chi connectivity index (χ4v) is 3.03. The van der Waals surface area contributed by atoms with Crippen molar-refractivity contribution in [3.05, 3.63) is 0 Å². The Kier molecular flexibility index (Phi) is 4.91. The van der Waals surface area contributed by atoms with Crippen molar-refractivity contribution in [3.8, 4) is 0 Å². The van der Waals surface area contributed by atoms with E-state index in [0.29, 0.717) is 6.61 Å². The second-order valence-electron chi connectivity index (χ2n) is 6.97. The SMILES string of the molecule is CC(C)(C)OC(=O)N(C1CCOC1)[C@H]1CC[C@H](N)CC1. The molecule has 1 saturated heterocycles. The van der Waals surface area contributed by atoms with Crippen LogP contribution in [-0.4, -0.2) is 47.9 Å². The molecule has 1 atom stereocenters. The van der Waals surface area contributed by atoms with Crippen molar-refractivity contribution < 1.29 is 14.3 Å². The molecule has 20 heavy (non-hydrogen) atoms. The summed E-state index contributed by atoms with van der Waals surface area (Å²) in [6, 6.07) is 0.687. The monoisotopic (exact) mass is 284 g/mol. The second kappa shape index (κ2) is 6.31. The Bertz CT molecular complexity index is 327. The third-order valence-electron chi connectivity index (χ3n) is 4.04. The molecule has 0 aromatic carbocycles. The molecule has 0 radical (unpaired) electrons. The smallest absolute Gasteiger partial charge is 0.410 e. The average Bonchev–Trinajstić information content (AvgIpc) is 2.83. The minimum atomic E-state index is -0.458. The largest absolute Gasteiger partial charge is 0.444 e. The molecule has 1 saturated carbocycles. The molecule has 0 aromatic rings. The summed E-state index contributed by atoms with van der Waals surface area (Å²) in [5.41, 5.74) is 5.51. The molecule has 2 aliphatic rings. The number of hydrogen-bond donors (Lipinski definition) is 1. The van der Waals surface area contributed by atoms with Crippen LogP contribution in [0.5, 0.6) is 0 Å². The van der Waals surface area contributed by atoms with Gasteiger partial charge in [0.15, 0.2) is 0 Å². The third kappa shape index (κ3) is 4.09. The highest BCUT2D eigenvalue weighted by atomic mass is 16.6. The van der Waals surface area contributed by atoms with Crippen LogP contribution < -0.4 is 5.73 Å². The van der Waals surface area contributed by atoms with E-state index in [4.69, 9.17) is 15.2 Å². The van der Waals surface area contributed by atoms with Crippen LogP contribution in [0.4, 0.5) is 4.79 Å². The van der Waals surface area contributed by atoms with Crippen molar-refractivity contribution in [2.75, 3.05) is 13.2 Å². The number of amides is 1. The van der Waals surface area contributed by atoms with Crippen LogP contribution in [0.3, 0.4) is 0 Å². The number of ether oxygens (including phenoxy) is 2. The highest BCUT2D eigenvalue weighted by Gasteiger charge is 2.37. The van der Waals surface area contributed by atoms with E-state index in [0.717, 1.165) is 38.7 Å².